The van der Waals surface area contributed by atoms with Gasteiger partial charge in [0.1, 0.15) is 6.04 Å². The van der Waals surface area contributed by atoms with Crippen LogP contribution in [0.15, 0.2) is 0 Å². The van der Waals surface area contributed by atoms with E-state index >= 15 is 0 Å². The van der Waals surface area contributed by atoms with Gasteiger partial charge in [-0.15, -0.1) is 0 Å². The molecule has 2 N–H and O–H groups in total. The average Bonchev–Trinajstić information content (AvgIpc) is 2.37. The fourth-order valence-electron chi connectivity index (χ4n) is 2.25. The van der Waals surface area contributed by atoms with E-state index in [9.17, 15) is 9.59 Å². The van der Waals surface area contributed by atoms with Crippen molar-refractivity contribution in [1.82, 2.24) is 10.2 Å². The van der Waals surface area contributed by atoms with Gasteiger partial charge >= 0.3 is 12.0 Å². The summed E-state index contributed by atoms with van der Waals surface area (Å²) < 4.78 is 5.25. The third kappa shape index (κ3) is 5.06. The lowest BCUT2D eigenvalue weighted by atomic mass is 10.0. The van der Waals surface area contributed by atoms with E-state index in [-0.39, 0.29) is 18.1 Å². The summed E-state index contributed by atoms with van der Waals surface area (Å²) >= 11 is 0. The van der Waals surface area contributed by atoms with Crippen LogP contribution in [0.25, 0.3) is 0 Å². The van der Waals surface area contributed by atoms with Crippen molar-refractivity contribution in [3.05, 3.63) is 0 Å². The molecule has 110 valence electrons. The number of urea groups is 1. The Morgan fingerprint density at radius 3 is 2.68 bits per heavy atom. The molecule has 1 rings (SSSR count). The SMILES string of the molecule is COC1CCCN(C(=O)NC(CC(C)C)C(=O)O)C1. The minimum Gasteiger partial charge on any atom is -0.480 e. The zero-order chi connectivity index (χ0) is 14.4. The molecular weight excluding hydrogens is 248 g/mol. The van der Waals surface area contributed by atoms with Gasteiger partial charge < -0.3 is 20.1 Å². The first-order valence-electron chi connectivity index (χ1n) is 6.75. The molecule has 1 aliphatic heterocycles. The van der Waals surface area contributed by atoms with Gasteiger partial charge in [-0.3, -0.25) is 0 Å². The molecule has 0 bridgehead atoms. The number of carbonyl (C=O) groups is 2. The van der Waals surface area contributed by atoms with Crippen LogP contribution in [0.5, 0.6) is 0 Å². The van der Waals surface area contributed by atoms with Gasteiger partial charge in [0.05, 0.1) is 6.10 Å². The van der Waals surface area contributed by atoms with Crippen molar-refractivity contribution >= 4 is 12.0 Å². The second-order valence-electron chi connectivity index (χ2n) is 5.42. The van der Waals surface area contributed by atoms with Crippen molar-refractivity contribution in [2.45, 2.75) is 45.3 Å². The van der Waals surface area contributed by atoms with Crippen molar-refractivity contribution in [2.24, 2.45) is 5.92 Å². The molecule has 1 saturated heterocycles. The predicted molar refractivity (Wildman–Crippen MR) is 71.0 cm³/mol. The van der Waals surface area contributed by atoms with Crippen LogP contribution < -0.4 is 5.32 Å². The van der Waals surface area contributed by atoms with E-state index in [1.165, 1.54) is 0 Å². The van der Waals surface area contributed by atoms with E-state index in [4.69, 9.17) is 9.84 Å². The second-order valence-corrected chi connectivity index (χ2v) is 5.42. The molecule has 0 saturated carbocycles. The fourth-order valence-corrected chi connectivity index (χ4v) is 2.25. The number of hydrogen-bond acceptors (Lipinski definition) is 3. The summed E-state index contributed by atoms with van der Waals surface area (Å²) in [5, 5.41) is 11.7. The molecule has 2 unspecified atom stereocenters. The number of methoxy groups -OCH3 is 1. The lowest BCUT2D eigenvalue weighted by molar-refractivity contribution is -0.139. The molecule has 0 aromatic heterocycles. The summed E-state index contributed by atoms with van der Waals surface area (Å²) in [6.45, 7) is 5.05. The Balaban J connectivity index is 2.53. The molecule has 19 heavy (non-hydrogen) atoms. The van der Waals surface area contributed by atoms with Crippen LogP contribution in [0.4, 0.5) is 4.79 Å². The molecule has 1 heterocycles. The van der Waals surface area contributed by atoms with Gasteiger partial charge in [-0.2, -0.15) is 0 Å². The van der Waals surface area contributed by atoms with Crippen molar-refractivity contribution in [3.63, 3.8) is 0 Å². The van der Waals surface area contributed by atoms with E-state index in [1.54, 1.807) is 12.0 Å². The van der Waals surface area contributed by atoms with Gasteiger partial charge in [0.25, 0.3) is 0 Å². The topological polar surface area (TPSA) is 78.9 Å². The number of piperidine rings is 1. The Labute approximate surface area is 114 Å². The van der Waals surface area contributed by atoms with Gasteiger partial charge in [0.15, 0.2) is 0 Å². The van der Waals surface area contributed by atoms with Crippen LogP contribution in [0, 0.1) is 5.92 Å². The lowest BCUT2D eigenvalue weighted by Gasteiger charge is -2.32. The Kier molecular flexibility index (Phi) is 6.08. The van der Waals surface area contributed by atoms with E-state index < -0.39 is 12.0 Å². The first-order chi connectivity index (χ1) is 8.93. The largest absolute Gasteiger partial charge is 0.480 e. The summed E-state index contributed by atoms with van der Waals surface area (Å²) in [4.78, 5) is 24.8. The number of rotatable bonds is 5. The molecule has 1 aliphatic rings. The molecule has 2 atom stereocenters. The highest BCUT2D eigenvalue weighted by Crippen LogP contribution is 2.13. The van der Waals surface area contributed by atoms with Gasteiger partial charge in [-0.25, -0.2) is 9.59 Å². The number of carbonyl (C=O) groups excluding carboxylic acids is 1. The highest BCUT2D eigenvalue weighted by atomic mass is 16.5. The number of likely N-dealkylation sites (tertiary alicyclic amines) is 1. The number of nitrogens with one attached hydrogen (secondary N) is 1. The molecule has 1 fully saturated rings. The number of nitrogens with zero attached hydrogens (tertiary/aromatic N) is 1. The van der Waals surface area contributed by atoms with Crippen molar-refractivity contribution in [1.29, 1.82) is 0 Å². The van der Waals surface area contributed by atoms with Gasteiger partial charge in [0.2, 0.25) is 0 Å². The molecule has 0 aliphatic carbocycles. The maximum Gasteiger partial charge on any atom is 0.326 e. The number of ether oxygens (including phenoxy) is 1. The Morgan fingerprint density at radius 2 is 2.16 bits per heavy atom. The van der Waals surface area contributed by atoms with Crippen LogP contribution in [-0.2, 0) is 9.53 Å². The molecule has 6 nitrogen and oxygen atoms in total. The monoisotopic (exact) mass is 272 g/mol. The second kappa shape index (κ2) is 7.33. The van der Waals surface area contributed by atoms with Crippen molar-refractivity contribution < 1.29 is 19.4 Å². The third-order valence-electron chi connectivity index (χ3n) is 3.30. The highest BCUT2D eigenvalue weighted by molar-refractivity contribution is 5.82. The molecular formula is C13H24N2O4. The molecule has 0 aromatic carbocycles. The summed E-state index contributed by atoms with van der Waals surface area (Å²) in [5.74, 6) is -0.767. The van der Waals surface area contributed by atoms with Crippen molar-refractivity contribution in [2.75, 3.05) is 20.2 Å². The maximum atomic E-state index is 12.1. The first-order valence-corrected chi connectivity index (χ1v) is 6.75. The minimum absolute atomic E-state index is 0.0490. The normalized spacial score (nSPS) is 21.3. The number of aliphatic carboxylic acids is 1. The van der Waals surface area contributed by atoms with Crippen LogP contribution in [0.1, 0.15) is 33.1 Å². The molecule has 2 amide bonds. The van der Waals surface area contributed by atoms with E-state index in [2.05, 4.69) is 5.32 Å². The Bertz CT molecular complexity index is 320. The van der Waals surface area contributed by atoms with E-state index in [0.717, 1.165) is 12.8 Å². The van der Waals surface area contributed by atoms with E-state index in [0.29, 0.717) is 19.5 Å². The molecule has 0 spiro atoms. The van der Waals surface area contributed by atoms with Gasteiger partial charge in [0, 0.05) is 20.2 Å². The van der Waals surface area contributed by atoms with Crippen LogP contribution in [-0.4, -0.2) is 54.4 Å². The minimum atomic E-state index is -0.984. The molecule has 0 radical (unpaired) electrons. The summed E-state index contributed by atoms with van der Waals surface area (Å²) in [6.07, 6.45) is 2.30. The smallest absolute Gasteiger partial charge is 0.326 e. The standard InChI is InChI=1S/C13H24N2O4/c1-9(2)7-11(12(16)17)14-13(18)15-6-4-5-10(8-15)19-3/h9-11H,4-8H2,1-3H3,(H,14,18)(H,16,17). The zero-order valence-electron chi connectivity index (χ0n) is 11.9. The Hall–Kier alpha value is -1.30. The average molecular weight is 272 g/mol. The molecule has 6 heteroatoms. The Morgan fingerprint density at radius 1 is 1.47 bits per heavy atom. The highest BCUT2D eigenvalue weighted by Gasteiger charge is 2.27. The quantitative estimate of drug-likeness (QED) is 0.791. The number of amides is 2. The number of hydrogen-bond donors (Lipinski definition) is 2. The summed E-state index contributed by atoms with van der Waals surface area (Å²) in [7, 11) is 1.63. The van der Waals surface area contributed by atoms with E-state index in [1.807, 2.05) is 13.8 Å². The molecule has 0 aromatic rings. The summed E-state index contributed by atoms with van der Waals surface area (Å²) in [6, 6.07) is -1.13. The fraction of sp³-hybridized carbons (Fsp3) is 0.846. The van der Waals surface area contributed by atoms with Crippen LogP contribution in [0.3, 0.4) is 0 Å². The third-order valence-corrected chi connectivity index (χ3v) is 3.30. The maximum absolute atomic E-state index is 12.1. The van der Waals surface area contributed by atoms with Crippen molar-refractivity contribution in [3.8, 4) is 0 Å². The number of carboxylic acids is 1. The summed E-state index contributed by atoms with van der Waals surface area (Å²) in [5.41, 5.74) is 0. The lowest BCUT2D eigenvalue weighted by Crippen LogP contribution is -2.52. The van der Waals surface area contributed by atoms with Gasteiger partial charge in [-0.05, 0) is 25.2 Å². The van der Waals surface area contributed by atoms with Gasteiger partial charge in [-0.1, -0.05) is 13.8 Å². The van der Waals surface area contributed by atoms with Crippen LogP contribution >= 0.6 is 0 Å². The number of carboxylic acid groups (broad SMARTS) is 1. The zero-order valence-corrected chi connectivity index (χ0v) is 11.9. The predicted octanol–water partition coefficient (Wildman–Crippen LogP) is 1.31. The first kappa shape index (κ1) is 15.8. The van der Waals surface area contributed by atoms with Crippen LogP contribution in [0.2, 0.25) is 0 Å².